The summed E-state index contributed by atoms with van der Waals surface area (Å²) in [4.78, 5) is 1.27. The predicted octanol–water partition coefficient (Wildman–Crippen LogP) is 3.38. The first-order valence-corrected chi connectivity index (χ1v) is 7.17. The van der Waals surface area contributed by atoms with Gasteiger partial charge in [-0.15, -0.1) is 11.3 Å². The Bertz CT molecular complexity index is 542. The fourth-order valence-corrected chi connectivity index (χ4v) is 3.06. The van der Waals surface area contributed by atoms with Gasteiger partial charge in [0.05, 0.1) is 13.2 Å². The molecule has 2 aromatic rings. The number of thiophene rings is 1. The molecule has 2 rings (SSSR count). The van der Waals surface area contributed by atoms with E-state index in [0.717, 1.165) is 21.3 Å². The van der Waals surface area contributed by atoms with Crippen molar-refractivity contribution < 1.29 is 4.74 Å². The maximum atomic E-state index is 5.70. The summed E-state index contributed by atoms with van der Waals surface area (Å²) in [5.74, 6) is 6.52. The van der Waals surface area contributed by atoms with E-state index in [0.29, 0.717) is 0 Å². The molecule has 1 atom stereocenters. The monoisotopic (exact) mass is 326 g/mol. The second kappa shape index (κ2) is 5.84. The molecule has 0 spiro atoms. The molecule has 0 aliphatic heterocycles. The highest BCUT2D eigenvalue weighted by molar-refractivity contribution is 9.10. The van der Waals surface area contributed by atoms with Gasteiger partial charge in [-0.3, -0.25) is 5.84 Å². The molecular weight excluding hydrogens is 312 g/mol. The van der Waals surface area contributed by atoms with E-state index < -0.39 is 0 Å². The molecule has 3 nitrogen and oxygen atoms in total. The number of hydrazine groups is 1. The Morgan fingerprint density at radius 1 is 1.39 bits per heavy atom. The Morgan fingerprint density at radius 3 is 2.72 bits per heavy atom. The molecule has 1 aromatic carbocycles. The molecule has 0 amide bonds. The number of nitrogens with two attached hydrogens (primary N) is 1. The topological polar surface area (TPSA) is 47.3 Å². The van der Waals surface area contributed by atoms with E-state index >= 15 is 0 Å². The summed E-state index contributed by atoms with van der Waals surface area (Å²) < 4.78 is 6.27. The molecule has 0 fully saturated rings. The van der Waals surface area contributed by atoms with Gasteiger partial charge in [0, 0.05) is 9.35 Å². The lowest BCUT2D eigenvalue weighted by Crippen LogP contribution is -2.28. The third kappa shape index (κ3) is 2.75. The summed E-state index contributed by atoms with van der Waals surface area (Å²) in [6.07, 6.45) is 0. The molecule has 0 saturated carbocycles. The van der Waals surface area contributed by atoms with E-state index in [9.17, 15) is 0 Å². The van der Waals surface area contributed by atoms with E-state index in [-0.39, 0.29) is 6.04 Å². The van der Waals surface area contributed by atoms with E-state index in [4.69, 9.17) is 10.6 Å². The van der Waals surface area contributed by atoms with Crippen molar-refractivity contribution in [2.45, 2.75) is 13.0 Å². The van der Waals surface area contributed by atoms with Crippen LogP contribution in [-0.2, 0) is 0 Å². The SMILES string of the molecule is COc1ccc(Br)c(C(NN)c2csc(C)c2)c1. The minimum atomic E-state index is -0.0422. The summed E-state index contributed by atoms with van der Waals surface area (Å²) >= 11 is 5.27. The van der Waals surface area contributed by atoms with Crippen molar-refractivity contribution in [1.29, 1.82) is 0 Å². The number of hydrogen-bond donors (Lipinski definition) is 2. The normalized spacial score (nSPS) is 12.4. The standard InChI is InChI=1S/C13H15BrN2OS/c1-8-5-9(7-18-8)13(16-15)11-6-10(17-2)3-4-12(11)14/h3-7,13,16H,15H2,1-2H3. The van der Waals surface area contributed by atoms with E-state index in [2.05, 4.69) is 39.7 Å². The first-order chi connectivity index (χ1) is 8.65. The number of nitrogens with one attached hydrogen (secondary N) is 1. The zero-order chi connectivity index (χ0) is 13.1. The van der Waals surface area contributed by atoms with E-state index in [1.165, 1.54) is 4.88 Å². The Hall–Kier alpha value is -0.880. The molecule has 0 aliphatic rings. The van der Waals surface area contributed by atoms with Gasteiger partial charge < -0.3 is 4.74 Å². The third-order valence-electron chi connectivity index (χ3n) is 2.77. The number of halogens is 1. The lowest BCUT2D eigenvalue weighted by Gasteiger charge is -2.17. The number of rotatable bonds is 4. The van der Waals surface area contributed by atoms with Crippen molar-refractivity contribution in [3.63, 3.8) is 0 Å². The predicted molar refractivity (Wildman–Crippen MR) is 78.9 cm³/mol. The zero-order valence-corrected chi connectivity index (χ0v) is 12.6. The molecular formula is C13H15BrN2OS. The summed E-state index contributed by atoms with van der Waals surface area (Å²) in [5.41, 5.74) is 5.09. The Balaban J connectivity index is 2.44. The second-order valence-electron chi connectivity index (χ2n) is 3.98. The highest BCUT2D eigenvalue weighted by Gasteiger charge is 2.17. The van der Waals surface area contributed by atoms with Crippen LogP contribution >= 0.6 is 27.3 Å². The number of ether oxygens (including phenoxy) is 1. The summed E-state index contributed by atoms with van der Waals surface area (Å²) in [6.45, 7) is 2.09. The zero-order valence-electron chi connectivity index (χ0n) is 10.2. The Labute approximate surface area is 119 Å². The van der Waals surface area contributed by atoms with E-state index in [1.807, 2.05) is 18.2 Å². The molecule has 5 heteroatoms. The number of aryl methyl sites for hydroxylation is 1. The van der Waals surface area contributed by atoms with Gasteiger partial charge in [0.1, 0.15) is 5.75 Å². The van der Waals surface area contributed by atoms with Crippen LogP contribution < -0.4 is 16.0 Å². The molecule has 0 radical (unpaired) electrons. The lowest BCUT2D eigenvalue weighted by atomic mass is 10.0. The largest absolute Gasteiger partial charge is 0.497 e. The molecule has 0 bridgehead atoms. The fourth-order valence-electron chi connectivity index (χ4n) is 1.85. The maximum absolute atomic E-state index is 5.70. The number of benzene rings is 1. The molecule has 0 saturated heterocycles. The van der Waals surface area contributed by atoms with Gasteiger partial charge in [-0.1, -0.05) is 15.9 Å². The molecule has 96 valence electrons. The summed E-state index contributed by atoms with van der Waals surface area (Å²) in [5, 5.41) is 2.12. The highest BCUT2D eigenvalue weighted by atomic mass is 79.9. The minimum Gasteiger partial charge on any atom is -0.497 e. The molecule has 1 aromatic heterocycles. The van der Waals surface area contributed by atoms with Crippen molar-refractivity contribution in [3.05, 3.63) is 50.1 Å². The van der Waals surface area contributed by atoms with Crippen molar-refractivity contribution in [3.8, 4) is 5.75 Å². The average molecular weight is 327 g/mol. The van der Waals surface area contributed by atoms with Crippen molar-refractivity contribution in [1.82, 2.24) is 5.43 Å². The quantitative estimate of drug-likeness (QED) is 0.668. The molecule has 18 heavy (non-hydrogen) atoms. The number of methoxy groups -OCH3 is 1. The first-order valence-electron chi connectivity index (χ1n) is 5.50. The average Bonchev–Trinajstić information content (AvgIpc) is 2.79. The smallest absolute Gasteiger partial charge is 0.119 e. The molecule has 3 N–H and O–H groups in total. The van der Waals surface area contributed by atoms with Crippen LogP contribution in [0.3, 0.4) is 0 Å². The van der Waals surface area contributed by atoms with Crippen LogP contribution in [0.1, 0.15) is 22.0 Å². The van der Waals surface area contributed by atoms with Crippen LogP contribution in [-0.4, -0.2) is 7.11 Å². The van der Waals surface area contributed by atoms with Crippen LogP contribution in [0.15, 0.2) is 34.1 Å². The Kier molecular flexibility index (Phi) is 4.40. The van der Waals surface area contributed by atoms with Gasteiger partial charge in [-0.25, -0.2) is 5.43 Å². The van der Waals surface area contributed by atoms with Gasteiger partial charge >= 0.3 is 0 Å². The lowest BCUT2D eigenvalue weighted by molar-refractivity contribution is 0.413. The summed E-state index contributed by atoms with van der Waals surface area (Å²) in [6, 6.07) is 7.97. The molecule has 1 unspecified atom stereocenters. The van der Waals surface area contributed by atoms with Crippen LogP contribution in [0, 0.1) is 6.92 Å². The first kappa shape index (κ1) is 13.5. The van der Waals surface area contributed by atoms with Crippen molar-refractivity contribution in [2.24, 2.45) is 5.84 Å². The van der Waals surface area contributed by atoms with Gasteiger partial charge in [-0.05, 0) is 47.7 Å². The van der Waals surface area contributed by atoms with Gasteiger partial charge in [0.2, 0.25) is 0 Å². The number of hydrogen-bond acceptors (Lipinski definition) is 4. The van der Waals surface area contributed by atoms with Crippen LogP contribution in [0.25, 0.3) is 0 Å². The Morgan fingerprint density at radius 2 is 2.17 bits per heavy atom. The maximum Gasteiger partial charge on any atom is 0.119 e. The van der Waals surface area contributed by atoms with Gasteiger partial charge in [-0.2, -0.15) is 0 Å². The highest BCUT2D eigenvalue weighted by Crippen LogP contribution is 2.32. The van der Waals surface area contributed by atoms with E-state index in [1.54, 1.807) is 18.4 Å². The molecule has 0 aliphatic carbocycles. The summed E-state index contributed by atoms with van der Waals surface area (Å²) in [7, 11) is 1.66. The minimum absolute atomic E-state index is 0.0422. The van der Waals surface area contributed by atoms with Gasteiger partial charge in [0.15, 0.2) is 0 Å². The molecule has 1 heterocycles. The van der Waals surface area contributed by atoms with Crippen LogP contribution in [0.4, 0.5) is 0 Å². The van der Waals surface area contributed by atoms with Crippen LogP contribution in [0.2, 0.25) is 0 Å². The third-order valence-corrected chi connectivity index (χ3v) is 4.37. The van der Waals surface area contributed by atoms with Crippen molar-refractivity contribution in [2.75, 3.05) is 7.11 Å². The fraction of sp³-hybridized carbons (Fsp3) is 0.231. The second-order valence-corrected chi connectivity index (χ2v) is 5.95. The van der Waals surface area contributed by atoms with Gasteiger partial charge in [0.25, 0.3) is 0 Å². The van der Waals surface area contributed by atoms with Crippen molar-refractivity contribution >= 4 is 27.3 Å². The van der Waals surface area contributed by atoms with Crippen LogP contribution in [0.5, 0.6) is 5.75 Å².